The van der Waals surface area contributed by atoms with Crippen LogP contribution in [0.1, 0.15) is 0 Å². The van der Waals surface area contributed by atoms with Crippen LogP contribution in [0.15, 0.2) is 12.1 Å². The summed E-state index contributed by atoms with van der Waals surface area (Å²) in [5, 5.41) is 1.42. The number of halogens is 5. The van der Waals surface area contributed by atoms with Crippen LogP contribution in [-0.2, 0) is 4.79 Å². The van der Waals surface area contributed by atoms with Crippen molar-refractivity contribution in [1.29, 1.82) is 0 Å². The molecule has 0 bridgehead atoms. The van der Waals surface area contributed by atoms with Gasteiger partial charge >= 0.3 is 18.0 Å². The Morgan fingerprint density at radius 2 is 1.70 bits per heavy atom. The van der Waals surface area contributed by atoms with Crippen molar-refractivity contribution in [1.82, 2.24) is 0 Å². The van der Waals surface area contributed by atoms with Gasteiger partial charge in [-0.3, -0.25) is 4.79 Å². The highest BCUT2D eigenvalue weighted by Crippen LogP contribution is 2.40. The smallest absolute Gasteiger partial charge is 0.454 e. The molecular formula is C10H7F5N2O3. The van der Waals surface area contributed by atoms with Crippen molar-refractivity contribution >= 4 is 17.3 Å². The first-order chi connectivity index (χ1) is 9.13. The van der Waals surface area contributed by atoms with Crippen molar-refractivity contribution in [2.75, 3.05) is 17.8 Å². The summed E-state index contributed by atoms with van der Waals surface area (Å²) in [5.74, 6) is -7.79. The number of rotatable bonds is 2. The van der Waals surface area contributed by atoms with Crippen LogP contribution in [0.2, 0.25) is 0 Å². The van der Waals surface area contributed by atoms with E-state index < -0.39 is 23.7 Å². The van der Waals surface area contributed by atoms with E-state index in [0.717, 1.165) is 12.1 Å². The predicted octanol–water partition coefficient (Wildman–Crippen LogP) is 2.13. The molecule has 110 valence electrons. The molecule has 0 saturated carbocycles. The van der Waals surface area contributed by atoms with Gasteiger partial charge in [-0.15, -0.1) is 0 Å². The molecule has 1 aliphatic heterocycles. The maximum Gasteiger partial charge on any atom is 0.463 e. The molecule has 0 atom stereocenters. The van der Waals surface area contributed by atoms with Crippen LogP contribution in [0.4, 0.5) is 33.3 Å². The molecule has 1 amide bonds. The monoisotopic (exact) mass is 298 g/mol. The second-order valence-electron chi connectivity index (χ2n) is 3.82. The largest absolute Gasteiger partial charge is 0.463 e. The van der Waals surface area contributed by atoms with Crippen molar-refractivity contribution < 1.29 is 36.2 Å². The highest BCUT2D eigenvalue weighted by atomic mass is 19.4. The van der Waals surface area contributed by atoms with Crippen molar-refractivity contribution in [2.45, 2.75) is 12.1 Å². The van der Waals surface area contributed by atoms with Gasteiger partial charge in [-0.25, -0.2) is 0 Å². The second-order valence-corrected chi connectivity index (χ2v) is 3.82. The third kappa shape index (κ3) is 2.28. The number of carbonyl (C=O) groups excluding carboxylic acids is 1. The Kier molecular flexibility index (Phi) is 3.11. The number of hydrogen-bond donors (Lipinski definition) is 2. The Morgan fingerprint density at radius 3 is 2.25 bits per heavy atom. The van der Waals surface area contributed by atoms with Gasteiger partial charge < -0.3 is 20.5 Å². The normalized spacial score (nSPS) is 14.2. The molecule has 1 aromatic carbocycles. The number of alkyl halides is 5. The van der Waals surface area contributed by atoms with E-state index in [2.05, 4.69) is 0 Å². The van der Waals surface area contributed by atoms with Gasteiger partial charge in [0.05, 0.1) is 11.4 Å². The first-order valence-corrected chi connectivity index (χ1v) is 5.08. The Morgan fingerprint density at radius 1 is 1.15 bits per heavy atom. The average molecular weight is 298 g/mol. The third-order valence-corrected chi connectivity index (χ3v) is 2.43. The third-order valence-electron chi connectivity index (χ3n) is 2.43. The van der Waals surface area contributed by atoms with E-state index >= 15 is 0 Å². The molecule has 1 heterocycles. The second kappa shape index (κ2) is 4.39. The highest BCUT2D eigenvalue weighted by molar-refractivity contribution is 5.99. The maximum atomic E-state index is 12.8. The van der Waals surface area contributed by atoms with E-state index in [4.69, 9.17) is 15.2 Å². The van der Waals surface area contributed by atoms with Crippen molar-refractivity contribution in [3.05, 3.63) is 12.1 Å². The van der Waals surface area contributed by atoms with Crippen LogP contribution in [0.3, 0.4) is 0 Å². The molecule has 5 nitrogen and oxygen atoms in total. The number of nitrogens with two attached hydrogens (primary N) is 1. The fraction of sp³-hybridized carbons (Fsp3) is 0.300. The summed E-state index contributed by atoms with van der Waals surface area (Å²) in [6.45, 7) is -0.148. The first-order valence-electron chi connectivity index (χ1n) is 5.08. The lowest BCUT2D eigenvalue weighted by atomic mass is 10.2. The molecule has 0 aliphatic carbocycles. The Labute approximate surface area is 108 Å². The van der Waals surface area contributed by atoms with Gasteiger partial charge in [0.2, 0.25) is 6.79 Å². The van der Waals surface area contributed by atoms with Gasteiger partial charge in [0.1, 0.15) is 0 Å². The molecule has 0 aromatic heterocycles. The van der Waals surface area contributed by atoms with E-state index in [9.17, 15) is 26.7 Å². The summed E-state index contributed by atoms with van der Waals surface area (Å²) < 4.78 is 71.4. The first kappa shape index (κ1) is 14.2. The minimum atomic E-state index is -6.00. The lowest BCUT2D eigenvalue weighted by Gasteiger charge is -2.19. The van der Waals surface area contributed by atoms with Gasteiger partial charge in [0, 0.05) is 12.1 Å². The maximum absolute atomic E-state index is 12.8. The zero-order valence-corrected chi connectivity index (χ0v) is 9.55. The molecule has 3 N–H and O–H groups in total. The Balaban J connectivity index is 2.25. The van der Waals surface area contributed by atoms with Crippen LogP contribution in [-0.4, -0.2) is 24.8 Å². The minimum absolute atomic E-state index is 0.0739. The van der Waals surface area contributed by atoms with Crippen LogP contribution in [0.5, 0.6) is 11.5 Å². The standard InChI is InChI=1S/C10H7F5N2O3/c11-9(12,10(13,14)15)8(18)17-5-2-7-6(1-4(5)16)19-3-20-7/h1-2H,3,16H2,(H,17,18). The lowest BCUT2D eigenvalue weighted by Crippen LogP contribution is -2.47. The number of fused-ring (bicyclic) bond motifs is 1. The van der Waals surface area contributed by atoms with Crippen LogP contribution in [0.25, 0.3) is 0 Å². The van der Waals surface area contributed by atoms with Gasteiger partial charge in [0.25, 0.3) is 0 Å². The number of anilines is 2. The summed E-state index contributed by atoms with van der Waals surface area (Å²) in [6.07, 6.45) is -6.00. The molecule has 10 heteroatoms. The van der Waals surface area contributed by atoms with E-state index in [1.165, 1.54) is 5.32 Å². The number of nitrogen functional groups attached to an aromatic ring is 1. The number of benzene rings is 1. The number of hydrogen-bond acceptors (Lipinski definition) is 4. The zero-order chi connectivity index (χ0) is 15.1. The fourth-order valence-electron chi connectivity index (χ4n) is 1.40. The van der Waals surface area contributed by atoms with Gasteiger partial charge in [0.15, 0.2) is 11.5 Å². The summed E-state index contributed by atoms with van der Waals surface area (Å²) in [7, 11) is 0. The molecule has 2 rings (SSSR count). The SMILES string of the molecule is Nc1cc2c(cc1NC(=O)C(F)(F)C(F)(F)F)OCO2. The van der Waals surface area contributed by atoms with Crippen molar-refractivity contribution in [2.24, 2.45) is 0 Å². The molecule has 0 unspecified atom stereocenters. The van der Waals surface area contributed by atoms with Crippen LogP contribution in [0, 0.1) is 0 Å². The van der Waals surface area contributed by atoms with E-state index in [1.807, 2.05) is 0 Å². The molecular weight excluding hydrogens is 291 g/mol. The van der Waals surface area contributed by atoms with Gasteiger partial charge in [-0.1, -0.05) is 0 Å². The van der Waals surface area contributed by atoms with Crippen LogP contribution < -0.4 is 20.5 Å². The molecule has 0 spiro atoms. The zero-order valence-electron chi connectivity index (χ0n) is 9.55. The number of nitrogens with one attached hydrogen (secondary N) is 1. The number of carbonyl (C=O) groups is 1. The van der Waals surface area contributed by atoms with E-state index in [1.54, 1.807) is 0 Å². The lowest BCUT2D eigenvalue weighted by molar-refractivity contribution is -0.267. The van der Waals surface area contributed by atoms with Gasteiger partial charge in [-0.2, -0.15) is 22.0 Å². The average Bonchev–Trinajstić information content (AvgIpc) is 2.74. The summed E-state index contributed by atoms with van der Waals surface area (Å²) >= 11 is 0. The molecule has 1 aromatic rings. The number of ether oxygens (including phenoxy) is 2. The quantitative estimate of drug-likeness (QED) is 0.648. The van der Waals surface area contributed by atoms with Crippen molar-refractivity contribution in [3.8, 4) is 11.5 Å². The highest BCUT2D eigenvalue weighted by Gasteiger charge is 2.63. The van der Waals surface area contributed by atoms with Gasteiger partial charge in [-0.05, 0) is 0 Å². The summed E-state index contributed by atoms with van der Waals surface area (Å²) in [5.41, 5.74) is 4.75. The summed E-state index contributed by atoms with van der Waals surface area (Å²) in [6, 6.07) is 2.14. The topological polar surface area (TPSA) is 73.6 Å². The molecule has 1 aliphatic rings. The Bertz CT molecular complexity index is 559. The molecule has 0 saturated heterocycles. The van der Waals surface area contributed by atoms with E-state index in [-0.39, 0.29) is 24.0 Å². The fourth-order valence-corrected chi connectivity index (χ4v) is 1.40. The Hall–Kier alpha value is -2.26. The van der Waals surface area contributed by atoms with Crippen LogP contribution >= 0.6 is 0 Å². The predicted molar refractivity (Wildman–Crippen MR) is 56.6 cm³/mol. The summed E-state index contributed by atoms with van der Waals surface area (Å²) in [4.78, 5) is 11.0. The minimum Gasteiger partial charge on any atom is -0.454 e. The van der Waals surface area contributed by atoms with E-state index in [0.29, 0.717) is 0 Å². The van der Waals surface area contributed by atoms with Crippen molar-refractivity contribution in [3.63, 3.8) is 0 Å². The number of amides is 1. The molecule has 20 heavy (non-hydrogen) atoms. The molecule has 0 radical (unpaired) electrons. The molecule has 0 fully saturated rings.